The molecule has 1 unspecified atom stereocenters. The number of carbonyl (C=O) groups excluding carboxylic acids is 1. The molecule has 0 saturated carbocycles. The fraction of sp³-hybridized carbons (Fsp3) is 0.292. The predicted octanol–water partition coefficient (Wildman–Crippen LogP) is 2.04. The number of aliphatic hydroxyl groups excluding tert-OH is 1. The first-order chi connectivity index (χ1) is 17.5. The maximum atomic E-state index is 13.5. The number of hydrogen-bond acceptors (Lipinski definition) is 9. The van der Waals surface area contributed by atoms with Crippen LogP contribution in [-0.2, 0) is 17.9 Å². The zero-order valence-corrected chi connectivity index (χ0v) is 20.5. The molecule has 1 aromatic carbocycles. The molecule has 1 amide bonds. The molecular weight excluding hydrogens is 484 g/mol. The first-order valence-electron chi connectivity index (χ1n) is 11.2. The molecule has 0 spiro atoms. The lowest BCUT2D eigenvalue weighted by Gasteiger charge is -2.23. The lowest BCUT2D eigenvalue weighted by molar-refractivity contribution is -0.133. The summed E-state index contributed by atoms with van der Waals surface area (Å²) in [7, 11) is 3.13. The van der Waals surface area contributed by atoms with Gasteiger partial charge in [-0.3, -0.25) is 14.2 Å². The van der Waals surface area contributed by atoms with E-state index in [0.717, 1.165) is 16.2 Å². The molecule has 0 radical (unpaired) electrons. The Kier molecular flexibility index (Phi) is 6.53. The van der Waals surface area contributed by atoms with Gasteiger partial charge in [-0.05, 0) is 29.1 Å². The van der Waals surface area contributed by atoms with E-state index in [1.54, 1.807) is 31.6 Å². The molecule has 5 rings (SSSR count). The van der Waals surface area contributed by atoms with Crippen LogP contribution >= 0.6 is 11.3 Å². The molecule has 186 valence electrons. The Bertz CT molecular complexity index is 1490. The number of carbonyl (C=O) groups is 1. The van der Waals surface area contributed by atoms with Gasteiger partial charge in [0.15, 0.2) is 17.1 Å². The molecule has 1 aliphatic rings. The van der Waals surface area contributed by atoms with E-state index in [1.807, 2.05) is 29.6 Å². The fourth-order valence-electron chi connectivity index (χ4n) is 4.24. The highest BCUT2D eigenvalue weighted by molar-refractivity contribution is 7.12. The Hall–Kier alpha value is -4.03. The summed E-state index contributed by atoms with van der Waals surface area (Å²) in [6, 6.07) is 9.05. The van der Waals surface area contributed by atoms with E-state index >= 15 is 0 Å². The molecule has 0 aliphatic carbocycles. The van der Waals surface area contributed by atoms with Crippen molar-refractivity contribution in [3.05, 3.63) is 69.0 Å². The largest absolute Gasteiger partial charge is 0.493 e. The highest BCUT2D eigenvalue weighted by atomic mass is 32.1. The third kappa shape index (κ3) is 4.25. The number of benzene rings is 1. The van der Waals surface area contributed by atoms with Crippen LogP contribution in [0.2, 0.25) is 0 Å². The molecule has 1 atom stereocenters. The number of rotatable bonds is 8. The van der Waals surface area contributed by atoms with Crippen LogP contribution in [0.25, 0.3) is 11.0 Å². The summed E-state index contributed by atoms with van der Waals surface area (Å²) in [6.45, 7) is -0.144. The third-order valence-electron chi connectivity index (χ3n) is 6.00. The minimum Gasteiger partial charge on any atom is -0.493 e. The van der Waals surface area contributed by atoms with Crippen LogP contribution in [-0.4, -0.2) is 61.9 Å². The molecular formula is C24H24N6O5S. The molecule has 0 bridgehead atoms. The van der Waals surface area contributed by atoms with E-state index in [0.29, 0.717) is 23.6 Å². The molecule has 4 heterocycles. The minimum atomic E-state index is -0.387. The Balaban J connectivity index is 1.48. The lowest BCUT2D eigenvalue weighted by atomic mass is 10.0. The van der Waals surface area contributed by atoms with E-state index < -0.39 is 0 Å². The minimum absolute atomic E-state index is 0.128. The van der Waals surface area contributed by atoms with Gasteiger partial charge in [0.05, 0.1) is 50.2 Å². The maximum absolute atomic E-state index is 13.5. The smallest absolute Gasteiger partial charge is 0.264 e. The summed E-state index contributed by atoms with van der Waals surface area (Å²) in [5, 5.41) is 21.6. The van der Waals surface area contributed by atoms with Crippen LogP contribution in [0.4, 0.5) is 0 Å². The first kappa shape index (κ1) is 23.7. The summed E-state index contributed by atoms with van der Waals surface area (Å²) >= 11 is 1.55. The van der Waals surface area contributed by atoms with Gasteiger partial charge in [-0.2, -0.15) is 10.2 Å². The SMILES string of the molecule is COc1ccc(C2CC(c3cccs3)=NN2C(=O)Cn2cnc3c(cnn3CCO)c2=O)cc1OC. The zero-order chi connectivity index (χ0) is 25.2. The summed E-state index contributed by atoms with van der Waals surface area (Å²) < 4.78 is 13.5. The number of hydrazone groups is 1. The van der Waals surface area contributed by atoms with E-state index in [1.165, 1.54) is 26.8 Å². The van der Waals surface area contributed by atoms with Crippen LogP contribution in [0.3, 0.4) is 0 Å². The molecule has 1 aliphatic heterocycles. The Morgan fingerprint density at radius 3 is 2.78 bits per heavy atom. The number of thiophene rings is 1. The number of hydrogen-bond donors (Lipinski definition) is 1. The summed E-state index contributed by atoms with van der Waals surface area (Å²) in [5.74, 6) is 0.786. The average molecular weight is 509 g/mol. The van der Waals surface area contributed by atoms with Crippen LogP contribution < -0.4 is 15.0 Å². The van der Waals surface area contributed by atoms with E-state index in [-0.39, 0.29) is 42.6 Å². The van der Waals surface area contributed by atoms with Crippen molar-refractivity contribution < 1.29 is 19.4 Å². The van der Waals surface area contributed by atoms with Gasteiger partial charge in [-0.25, -0.2) is 14.7 Å². The van der Waals surface area contributed by atoms with Crippen molar-refractivity contribution in [1.29, 1.82) is 0 Å². The van der Waals surface area contributed by atoms with Crippen molar-refractivity contribution >= 4 is 34.0 Å². The zero-order valence-electron chi connectivity index (χ0n) is 19.7. The number of fused-ring (bicyclic) bond motifs is 1. The highest BCUT2D eigenvalue weighted by Crippen LogP contribution is 2.38. The Morgan fingerprint density at radius 1 is 1.22 bits per heavy atom. The van der Waals surface area contributed by atoms with Crippen LogP contribution in [0.15, 0.2) is 58.1 Å². The van der Waals surface area contributed by atoms with Crippen molar-refractivity contribution in [2.45, 2.75) is 25.6 Å². The quantitative estimate of drug-likeness (QED) is 0.386. The van der Waals surface area contributed by atoms with E-state index in [9.17, 15) is 14.7 Å². The summed E-state index contributed by atoms with van der Waals surface area (Å²) in [5.41, 5.74) is 1.61. The number of nitrogens with zero attached hydrogens (tertiary/aromatic N) is 6. The molecule has 0 fully saturated rings. The van der Waals surface area contributed by atoms with Crippen LogP contribution in [0.1, 0.15) is 22.9 Å². The van der Waals surface area contributed by atoms with Gasteiger partial charge in [0.1, 0.15) is 18.3 Å². The second-order valence-corrected chi connectivity index (χ2v) is 9.05. The molecule has 4 aromatic rings. The molecule has 36 heavy (non-hydrogen) atoms. The van der Waals surface area contributed by atoms with E-state index in [2.05, 4.69) is 15.2 Å². The predicted molar refractivity (Wildman–Crippen MR) is 133 cm³/mol. The van der Waals surface area contributed by atoms with Crippen LogP contribution in [0, 0.1) is 0 Å². The summed E-state index contributed by atoms with van der Waals surface area (Å²) in [6.07, 6.45) is 3.24. The number of aliphatic hydroxyl groups is 1. The molecule has 3 aromatic heterocycles. The highest BCUT2D eigenvalue weighted by Gasteiger charge is 2.34. The van der Waals surface area contributed by atoms with Gasteiger partial charge >= 0.3 is 0 Å². The standard InChI is InChI=1S/C24H24N6O5S/c1-34-19-6-5-15(10-20(19)35-2)18-11-17(21-4-3-9-36-21)27-30(18)22(32)13-28-14-25-23-16(24(28)33)12-26-29(23)7-8-31/h3-6,9-10,12,14,18,31H,7-8,11,13H2,1-2H3. The van der Waals surface area contributed by atoms with Crippen molar-refractivity contribution in [2.75, 3.05) is 20.8 Å². The third-order valence-corrected chi connectivity index (χ3v) is 6.92. The van der Waals surface area contributed by atoms with Gasteiger partial charge in [-0.15, -0.1) is 11.3 Å². The Labute approximate surface area is 209 Å². The number of aromatic nitrogens is 4. The monoisotopic (exact) mass is 508 g/mol. The molecule has 0 saturated heterocycles. The number of methoxy groups -OCH3 is 2. The normalized spacial score (nSPS) is 15.4. The van der Waals surface area contributed by atoms with Crippen molar-refractivity contribution in [1.82, 2.24) is 24.3 Å². The van der Waals surface area contributed by atoms with Gasteiger partial charge in [-0.1, -0.05) is 12.1 Å². The number of ether oxygens (including phenoxy) is 2. The first-order valence-corrected chi connectivity index (χ1v) is 12.1. The average Bonchev–Trinajstić information content (AvgIpc) is 3.65. The maximum Gasteiger partial charge on any atom is 0.264 e. The molecule has 11 nitrogen and oxygen atoms in total. The van der Waals surface area contributed by atoms with Gasteiger partial charge in [0, 0.05) is 6.42 Å². The Morgan fingerprint density at radius 2 is 2.06 bits per heavy atom. The van der Waals surface area contributed by atoms with Crippen molar-refractivity contribution in [3.63, 3.8) is 0 Å². The van der Waals surface area contributed by atoms with Gasteiger partial charge in [0.2, 0.25) is 0 Å². The summed E-state index contributed by atoms with van der Waals surface area (Å²) in [4.78, 5) is 31.8. The molecule has 12 heteroatoms. The molecule has 1 N–H and O–H groups in total. The van der Waals surface area contributed by atoms with Crippen molar-refractivity contribution in [3.8, 4) is 11.5 Å². The van der Waals surface area contributed by atoms with Crippen LogP contribution in [0.5, 0.6) is 11.5 Å². The van der Waals surface area contributed by atoms with E-state index in [4.69, 9.17) is 9.47 Å². The second kappa shape index (κ2) is 9.91. The number of amides is 1. The fourth-order valence-corrected chi connectivity index (χ4v) is 4.96. The van der Waals surface area contributed by atoms with Gasteiger partial charge in [0.25, 0.3) is 11.5 Å². The van der Waals surface area contributed by atoms with Crippen molar-refractivity contribution in [2.24, 2.45) is 5.10 Å². The lowest BCUT2D eigenvalue weighted by Crippen LogP contribution is -2.34. The topological polar surface area (TPSA) is 124 Å². The second-order valence-electron chi connectivity index (χ2n) is 8.10. The van der Waals surface area contributed by atoms with Gasteiger partial charge < -0.3 is 14.6 Å².